The van der Waals surface area contributed by atoms with E-state index in [1.54, 1.807) is 13.0 Å². The van der Waals surface area contributed by atoms with Crippen LogP contribution in [-0.4, -0.2) is 25.1 Å². The first kappa shape index (κ1) is 10.7. The Morgan fingerprint density at radius 3 is 2.57 bits per heavy atom. The second-order valence-corrected chi connectivity index (χ2v) is 3.00. The van der Waals surface area contributed by atoms with E-state index in [1.165, 1.54) is 26.3 Å². The number of carbonyl (C=O) groups is 1. The van der Waals surface area contributed by atoms with Crippen molar-refractivity contribution in [2.45, 2.75) is 6.92 Å². The van der Waals surface area contributed by atoms with Crippen LogP contribution in [0.5, 0.6) is 0 Å². The number of nitrogens with zero attached hydrogens (tertiary/aromatic N) is 1. The molecule has 0 saturated carbocycles. The highest BCUT2D eigenvalue weighted by atomic mass is 19.1. The molecule has 0 N–H and O–H groups in total. The number of rotatable bonds is 2. The lowest BCUT2D eigenvalue weighted by molar-refractivity contribution is -0.0757. The van der Waals surface area contributed by atoms with Gasteiger partial charge in [0.2, 0.25) is 0 Å². The predicted octanol–water partition coefficient (Wildman–Crippen LogP) is 1.77. The lowest BCUT2D eigenvalue weighted by atomic mass is 10.1. The Morgan fingerprint density at radius 1 is 1.43 bits per heavy atom. The van der Waals surface area contributed by atoms with Gasteiger partial charge in [0.25, 0.3) is 5.91 Å². The molecule has 0 atom stereocenters. The zero-order valence-electron chi connectivity index (χ0n) is 8.37. The topological polar surface area (TPSA) is 29.5 Å². The molecule has 0 saturated heterocycles. The third kappa shape index (κ3) is 2.29. The lowest BCUT2D eigenvalue weighted by Gasteiger charge is -2.13. The summed E-state index contributed by atoms with van der Waals surface area (Å²) in [5.74, 6) is -0.784. The quantitative estimate of drug-likeness (QED) is 0.676. The number of halogens is 1. The lowest BCUT2D eigenvalue weighted by Crippen LogP contribution is -2.25. The maximum absolute atomic E-state index is 12.9. The first-order chi connectivity index (χ1) is 6.54. The number of hydrogen-bond donors (Lipinski definition) is 0. The van der Waals surface area contributed by atoms with Crippen molar-refractivity contribution in [1.29, 1.82) is 0 Å². The Bertz CT molecular complexity index is 332. The molecule has 1 amide bonds. The molecule has 4 heteroatoms. The maximum Gasteiger partial charge on any atom is 0.277 e. The van der Waals surface area contributed by atoms with Crippen LogP contribution in [-0.2, 0) is 4.84 Å². The summed E-state index contributed by atoms with van der Waals surface area (Å²) in [4.78, 5) is 16.2. The first-order valence-corrected chi connectivity index (χ1v) is 4.14. The largest absolute Gasteiger partial charge is 0.277 e. The number of hydrogen-bond acceptors (Lipinski definition) is 2. The molecule has 3 nitrogen and oxygen atoms in total. The molecule has 0 unspecified atom stereocenters. The minimum Gasteiger partial charge on any atom is -0.274 e. The fraction of sp³-hybridized carbons (Fsp3) is 0.300. The SMILES string of the molecule is CON(C)C(=O)c1cc(C)cc(F)c1. The second kappa shape index (κ2) is 4.19. The van der Waals surface area contributed by atoms with E-state index in [0.29, 0.717) is 5.56 Å². The van der Waals surface area contributed by atoms with Crippen molar-refractivity contribution in [3.63, 3.8) is 0 Å². The van der Waals surface area contributed by atoms with Gasteiger partial charge in [-0.1, -0.05) is 0 Å². The van der Waals surface area contributed by atoms with Crippen LogP contribution < -0.4 is 0 Å². The van der Waals surface area contributed by atoms with Crippen LogP contribution in [0.25, 0.3) is 0 Å². The Kier molecular flexibility index (Phi) is 3.19. The van der Waals surface area contributed by atoms with Crippen molar-refractivity contribution in [1.82, 2.24) is 5.06 Å². The Balaban J connectivity index is 3.01. The predicted molar refractivity (Wildman–Crippen MR) is 50.2 cm³/mol. The molecule has 0 fully saturated rings. The average Bonchev–Trinajstić information content (AvgIpc) is 2.14. The fourth-order valence-corrected chi connectivity index (χ4v) is 1.12. The van der Waals surface area contributed by atoms with E-state index in [-0.39, 0.29) is 11.5 Å². The third-order valence-electron chi connectivity index (χ3n) is 1.85. The number of carbonyl (C=O) groups excluding carboxylic acids is 1. The zero-order valence-corrected chi connectivity index (χ0v) is 8.37. The van der Waals surface area contributed by atoms with Gasteiger partial charge in [-0.15, -0.1) is 0 Å². The molecule has 0 heterocycles. The van der Waals surface area contributed by atoms with Gasteiger partial charge in [-0.2, -0.15) is 0 Å². The van der Waals surface area contributed by atoms with Crippen molar-refractivity contribution in [3.8, 4) is 0 Å². The minimum absolute atomic E-state index is 0.284. The van der Waals surface area contributed by atoms with Gasteiger partial charge in [0, 0.05) is 12.6 Å². The molecular weight excluding hydrogens is 185 g/mol. The Morgan fingerprint density at radius 2 is 2.07 bits per heavy atom. The van der Waals surface area contributed by atoms with E-state index in [4.69, 9.17) is 4.84 Å². The van der Waals surface area contributed by atoms with Crippen LogP contribution in [0.2, 0.25) is 0 Å². The molecule has 0 radical (unpaired) electrons. The van der Waals surface area contributed by atoms with E-state index in [0.717, 1.165) is 5.06 Å². The molecule has 0 aliphatic carbocycles. The molecule has 0 aliphatic heterocycles. The Labute approximate surface area is 82.0 Å². The van der Waals surface area contributed by atoms with E-state index in [9.17, 15) is 9.18 Å². The van der Waals surface area contributed by atoms with E-state index < -0.39 is 5.82 Å². The van der Waals surface area contributed by atoms with Crippen molar-refractivity contribution in [3.05, 3.63) is 35.1 Å². The second-order valence-electron chi connectivity index (χ2n) is 3.00. The van der Waals surface area contributed by atoms with Crippen LogP contribution in [0.1, 0.15) is 15.9 Å². The van der Waals surface area contributed by atoms with Gasteiger partial charge in [-0.25, -0.2) is 9.45 Å². The summed E-state index contributed by atoms with van der Waals surface area (Å²) in [6.07, 6.45) is 0. The van der Waals surface area contributed by atoms with Gasteiger partial charge >= 0.3 is 0 Å². The molecule has 0 aromatic heterocycles. The molecule has 1 rings (SSSR count). The third-order valence-corrected chi connectivity index (χ3v) is 1.85. The number of aryl methyl sites for hydroxylation is 1. The molecule has 76 valence electrons. The number of hydroxylamine groups is 2. The van der Waals surface area contributed by atoms with Crippen LogP contribution in [0.15, 0.2) is 18.2 Å². The monoisotopic (exact) mass is 197 g/mol. The highest BCUT2D eigenvalue weighted by Gasteiger charge is 2.12. The van der Waals surface area contributed by atoms with Gasteiger partial charge < -0.3 is 0 Å². The van der Waals surface area contributed by atoms with Crippen molar-refractivity contribution in [2.75, 3.05) is 14.2 Å². The molecular formula is C10H12FNO2. The van der Waals surface area contributed by atoms with Crippen molar-refractivity contribution in [2.24, 2.45) is 0 Å². The van der Waals surface area contributed by atoms with Crippen molar-refractivity contribution < 1.29 is 14.0 Å². The molecule has 0 aliphatic rings. The van der Waals surface area contributed by atoms with Gasteiger partial charge in [-0.05, 0) is 30.7 Å². The average molecular weight is 197 g/mol. The summed E-state index contributed by atoms with van der Waals surface area (Å²) in [5.41, 5.74) is 0.990. The molecule has 1 aromatic rings. The zero-order chi connectivity index (χ0) is 10.7. The molecule has 0 bridgehead atoms. The molecule has 14 heavy (non-hydrogen) atoms. The Hall–Kier alpha value is -1.42. The summed E-state index contributed by atoms with van der Waals surface area (Å²) in [6.45, 7) is 1.73. The normalized spacial score (nSPS) is 10.0. The summed E-state index contributed by atoms with van der Waals surface area (Å²) < 4.78 is 12.9. The van der Waals surface area contributed by atoms with E-state index in [2.05, 4.69) is 0 Å². The van der Waals surface area contributed by atoms with Gasteiger partial charge in [0.15, 0.2) is 0 Å². The van der Waals surface area contributed by atoms with Crippen LogP contribution in [0.3, 0.4) is 0 Å². The molecule has 0 spiro atoms. The van der Waals surface area contributed by atoms with Crippen LogP contribution >= 0.6 is 0 Å². The minimum atomic E-state index is -0.419. The summed E-state index contributed by atoms with van der Waals surface area (Å²) >= 11 is 0. The number of benzene rings is 1. The van der Waals surface area contributed by atoms with E-state index in [1.807, 2.05) is 0 Å². The van der Waals surface area contributed by atoms with Crippen LogP contribution in [0, 0.1) is 12.7 Å². The van der Waals surface area contributed by atoms with Gasteiger partial charge in [0.05, 0.1) is 7.11 Å². The first-order valence-electron chi connectivity index (χ1n) is 4.14. The highest BCUT2D eigenvalue weighted by Crippen LogP contribution is 2.10. The maximum atomic E-state index is 12.9. The smallest absolute Gasteiger partial charge is 0.274 e. The van der Waals surface area contributed by atoms with Crippen LogP contribution in [0.4, 0.5) is 4.39 Å². The van der Waals surface area contributed by atoms with Gasteiger partial charge in [0.1, 0.15) is 5.82 Å². The highest BCUT2D eigenvalue weighted by molar-refractivity contribution is 5.93. The fourth-order valence-electron chi connectivity index (χ4n) is 1.12. The summed E-state index contributed by atoms with van der Waals surface area (Å²) in [7, 11) is 2.85. The summed E-state index contributed by atoms with van der Waals surface area (Å²) in [6, 6.07) is 4.16. The van der Waals surface area contributed by atoms with E-state index >= 15 is 0 Å². The molecule has 1 aromatic carbocycles. The van der Waals surface area contributed by atoms with Crippen molar-refractivity contribution >= 4 is 5.91 Å². The standard InChI is InChI=1S/C10H12FNO2/c1-7-4-8(6-9(11)5-7)10(13)12(2)14-3/h4-6H,1-3H3. The summed E-state index contributed by atoms with van der Waals surface area (Å²) in [5, 5.41) is 1.05. The van der Waals surface area contributed by atoms with Gasteiger partial charge in [-0.3, -0.25) is 9.63 Å². The number of amides is 1.